The summed E-state index contributed by atoms with van der Waals surface area (Å²) in [6, 6.07) is 0. The van der Waals surface area contributed by atoms with E-state index in [1.807, 2.05) is 0 Å². The van der Waals surface area contributed by atoms with Crippen molar-refractivity contribution in [2.75, 3.05) is 0 Å². The SMILES string of the molecule is CCCCC1(C)OC1CCC1OC1CC. The van der Waals surface area contributed by atoms with E-state index in [0.29, 0.717) is 18.3 Å². The van der Waals surface area contributed by atoms with Crippen LogP contribution in [-0.2, 0) is 9.47 Å². The number of unbranched alkanes of at least 4 members (excludes halogenated alkanes) is 1. The minimum Gasteiger partial charge on any atom is -0.370 e. The van der Waals surface area contributed by atoms with E-state index in [9.17, 15) is 0 Å². The number of hydrogen-bond acceptors (Lipinski definition) is 2. The molecule has 2 heterocycles. The molecule has 4 atom stereocenters. The fourth-order valence-electron chi connectivity index (χ4n) is 2.51. The maximum absolute atomic E-state index is 5.80. The van der Waals surface area contributed by atoms with Gasteiger partial charge < -0.3 is 9.47 Å². The number of ether oxygens (including phenoxy) is 2. The molecule has 0 aromatic heterocycles. The lowest BCUT2D eigenvalue weighted by molar-refractivity contribution is 0.286. The van der Waals surface area contributed by atoms with Crippen molar-refractivity contribution in [3.05, 3.63) is 0 Å². The van der Waals surface area contributed by atoms with Gasteiger partial charge in [-0.05, 0) is 32.6 Å². The van der Waals surface area contributed by atoms with Gasteiger partial charge in [0, 0.05) is 0 Å². The van der Waals surface area contributed by atoms with Crippen LogP contribution in [0.15, 0.2) is 0 Å². The standard InChI is InChI=1S/C13H24O2/c1-4-6-9-13(3)12(15-13)8-7-11-10(5-2)14-11/h10-12H,4-9H2,1-3H3. The van der Waals surface area contributed by atoms with Crippen molar-refractivity contribution in [1.29, 1.82) is 0 Å². The van der Waals surface area contributed by atoms with Crippen LogP contribution in [0.4, 0.5) is 0 Å². The minimum atomic E-state index is 0.215. The van der Waals surface area contributed by atoms with Gasteiger partial charge in [0.15, 0.2) is 0 Å². The fourth-order valence-corrected chi connectivity index (χ4v) is 2.51. The highest BCUT2D eigenvalue weighted by Crippen LogP contribution is 2.44. The third-order valence-electron chi connectivity index (χ3n) is 3.87. The summed E-state index contributed by atoms with van der Waals surface area (Å²) in [5.41, 5.74) is 0.215. The lowest BCUT2D eigenvalue weighted by atomic mass is 9.97. The van der Waals surface area contributed by atoms with Gasteiger partial charge in [0.25, 0.3) is 0 Å². The van der Waals surface area contributed by atoms with Gasteiger partial charge in [-0.25, -0.2) is 0 Å². The van der Waals surface area contributed by atoms with Crippen LogP contribution in [0.25, 0.3) is 0 Å². The Morgan fingerprint density at radius 1 is 1.13 bits per heavy atom. The summed E-state index contributed by atoms with van der Waals surface area (Å²) in [7, 11) is 0. The smallest absolute Gasteiger partial charge is 0.0920 e. The summed E-state index contributed by atoms with van der Waals surface area (Å²) in [6.07, 6.45) is 9.00. The Labute approximate surface area is 93.3 Å². The van der Waals surface area contributed by atoms with Crippen LogP contribution in [0.1, 0.15) is 59.3 Å². The zero-order valence-electron chi connectivity index (χ0n) is 10.3. The molecule has 0 spiro atoms. The highest BCUT2D eigenvalue weighted by Gasteiger charge is 2.51. The molecule has 0 amide bonds. The van der Waals surface area contributed by atoms with Crippen molar-refractivity contribution in [3.8, 4) is 0 Å². The molecule has 2 aliphatic heterocycles. The number of epoxide rings is 2. The predicted molar refractivity (Wildman–Crippen MR) is 61.0 cm³/mol. The van der Waals surface area contributed by atoms with Crippen LogP contribution < -0.4 is 0 Å². The van der Waals surface area contributed by atoms with Crippen molar-refractivity contribution >= 4 is 0 Å². The highest BCUT2D eigenvalue weighted by atomic mass is 16.6. The van der Waals surface area contributed by atoms with Gasteiger partial charge in [-0.1, -0.05) is 26.7 Å². The van der Waals surface area contributed by atoms with Gasteiger partial charge in [0.05, 0.1) is 23.9 Å². The fraction of sp³-hybridized carbons (Fsp3) is 1.00. The van der Waals surface area contributed by atoms with Crippen LogP contribution in [0, 0.1) is 0 Å². The molecule has 0 radical (unpaired) electrons. The first kappa shape index (κ1) is 11.4. The Bertz CT molecular complexity index is 217. The molecule has 2 nitrogen and oxygen atoms in total. The third-order valence-corrected chi connectivity index (χ3v) is 3.87. The monoisotopic (exact) mass is 212 g/mol. The summed E-state index contributed by atoms with van der Waals surface area (Å²) in [4.78, 5) is 0. The van der Waals surface area contributed by atoms with E-state index >= 15 is 0 Å². The molecule has 0 saturated carbocycles. The minimum absolute atomic E-state index is 0.215. The van der Waals surface area contributed by atoms with E-state index in [-0.39, 0.29) is 5.60 Å². The number of hydrogen-bond donors (Lipinski definition) is 0. The maximum atomic E-state index is 5.80. The quantitative estimate of drug-likeness (QED) is 0.605. The molecule has 2 fully saturated rings. The van der Waals surface area contributed by atoms with Crippen LogP contribution in [-0.4, -0.2) is 23.9 Å². The topological polar surface area (TPSA) is 25.1 Å². The van der Waals surface area contributed by atoms with Crippen molar-refractivity contribution in [3.63, 3.8) is 0 Å². The van der Waals surface area contributed by atoms with Gasteiger partial charge >= 0.3 is 0 Å². The molecule has 2 aliphatic rings. The largest absolute Gasteiger partial charge is 0.370 e. The van der Waals surface area contributed by atoms with Gasteiger partial charge in [-0.3, -0.25) is 0 Å². The molecule has 2 heteroatoms. The number of rotatable bonds is 7. The second kappa shape index (κ2) is 4.42. The van der Waals surface area contributed by atoms with E-state index < -0.39 is 0 Å². The summed E-state index contributed by atoms with van der Waals surface area (Å²) in [5, 5.41) is 0. The van der Waals surface area contributed by atoms with E-state index in [1.54, 1.807) is 0 Å². The van der Waals surface area contributed by atoms with Crippen LogP contribution in [0.2, 0.25) is 0 Å². The normalized spacial score (nSPS) is 43.0. The van der Waals surface area contributed by atoms with Crippen LogP contribution in [0.3, 0.4) is 0 Å². The highest BCUT2D eigenvalue weighted by molar-refractivity contribution is 4.99. The lowest BCUT2D eigenvalue weighted by Gasteiger charge is -2.03. The Morgan fingerprint density at radius 3 is 2.53 bits per heavy atom. The summed E-state index contributed by atoms with van der Waals surface area (Å²) < 4.78 is 11.3. The molecule has 2 rings (SSSR count). The van der Waals surface area contributed by atoms with E-state index in [0.717, 1.165) is 0 Å². The van der Waals surface area contributed by atoms with Crippen molar-refractivity contribution < 1.29 is 9.47 Å². The molecular formula is C13H24O2. The molecular weight excluding hydrogens is 188 g/mol. The van der Waals surface area contributed by atoms with Gasteiger partial charge in [-0.15, -0.1) is 0 Å². The molecule has 88 valence electrons. The summed E-state index contributed by atoms with van der Waals surface area (Å²) in [6.45, 7) is 6.70. The Hall–Kier alpha value is -0.0800. The van der Waals surface area contributed by atoms with E-state index in [4.69, 9.17) is 9.47 Å². The van der Waals surface area contributed by atoms with Crippen molar-refractivity contribution in [2.24, 2.45) is 0 Å². The molecule has 0 bridgehead atoms. The molecule has 2 saturated heterocycles. The van der Waals surface area contributed by atoms with Crippen molar-refractivity contribution in [1.82, 2.24) is 0 Å². The summed E-state index contributed by atoms with van der Waals surface area (Å²) in [5.74, 6) is 0. The second-order valence-corrected chi connectivity index (χ2v) is 5.22. The van der Waals surface area contributed by atoms with E-state index in [2.05, 4.69) is 20.8 Å². The molecule has 0 N–H and O–H groups in total. The average Bonchev–Trinajstić information content (AvgIpc) is 3.10. The Kier molecular flexibility index (Phi) is 3.36. The first-order valence-electron chi connectivity index (χ1n) is 6.53. The zero-order chi connectivity index (χ0) is 10.9. The second-order valence-electron chi connectivity index (χ2n) is 5.22. The van der Waals surface area contributed by atoms with E-state index in [1.165, 1.54) is 38.5 Å². The van der Waals surface area contributed by atoms with Crippen LogP contribution in [0.5, 0.6) is 0 Å². The molecule has 15 heavy (non-hydrogen) atoms. The Morgan fingerprint density at radius 2 is 1.93 bits per heavy atom. The first-order valence-corrected chi connectivity index (χ1v) is 6.53. The Balaban J connectivity index is 1.58. The predicted octanol–water partition coefficient (Wildman–Crippen LogP) is 3.29. The molecule has 0 aromatic carbocycles. The first-order chi connectivity index (χ1) is 7.19. The summed E-state index contributed by atoms with van der Waals surface area (Å²) >= 11 is 0. The van der Waals surface area contributed by atoms with Gasteiger partial charge in [-0.2, -0.15) is 0 Å². The zero-order valence-corrected chi connectivity index (χ0v) is 10.3. The van der Waals surface area contributed by atoms with Gasteiger partial charge in [0.2, 0.25) is 0 Å². The maximum Gasteiger partial charge on any atom is 0.0920 e. The molecule has 0 aliphatic carbocycles. The van der Waals surface area contributed by atoms with Crippen molar-refractivity contribution in [2.45, 2.75) is 83.2 Å². The third kappa shape index (κ3) is 2.73. The molecule has 4 unspecified atom stereocenters. The van der Waals surface area contributed by atoms with Gasteiger partial charge in [0.1, 0.15) is 0 Å². The lowest BCUT2D eigenvalue weighted by Crippen LogP contribution is -2.10. The van der Waals surface area contributed by atoms with Crippen LogP contribution >= 0.6 is 0 Å². The average molecular weight is 212 g/mol. The molecule has 0 aromatic rings.